The van der Waals surface area contributed by atoms with E-state index in [0.29, 0.717) is 28.6 Å². The minimum atomic E-state index is -0.424. The van der Waals surface area contributed by atoms with E-state index in [4.69, 9.17) is 10.5 Å². The summed E-state index contributed by atoms with van der Waals surface area (Å²) in [6.07, 6.45) is 5.76. The van der Waals surface area contributed by atoms with Crippen molar-refractivity contribution in [2.45, 2.75) is 6.42 Å². The monoisotopic (exact) mass is 413 g/mol. The zero-order valence-electron chi connectivity index (χ0n) is 16.2. The molecule has 3 aromatic heterocycles. The number of fused-ring (bicyclic) bond motifs is 4. The van der Waals surface area contributed by atoms with E-state index in [9.17, 15) is 9.18 Å². The molecule has 0 amide bonds. The number of anilines is 1. The highest BCUT2D eigenvalue weighted by Crippen LogP contribution is 2.40. The van der Waals surface area contributed by atoms with Gasteiger partial charge >= 0.3 is 0 Å². The smallest absolute Gasteiger partial charge is 0.272 e. The molecule has 0 unspecified atom stereocenters. The number of H-pyrrole nitrogens is 2. The van der Waals surface area contributed by atoms with Crippen molar-refractivity contribution < 1.29 is 9.13 Å². The van der Waals surface area contributed by atoms with E-state index in [2.05, 4.69) is 20.2 Å². The Morgan fingerprint density at radius 1 is 1.10 bits per heavy atom. The first kappa shape index (κ1) is 17.6. The van der Waals surface area contributed by atoms with Gasteiger partial charge in [0.15, 0.2) is 0 Å². The Hall–Kier alpha value is -4.20. The van der Waals surface area contributed by atoms with E-state index in [1.54, 1.807) is 18.5 Å². The summed E-state index contributed by atoms with van der Waals surface area (Å²) < 4.78 is 19.8. The van der Waals surface area contributed by atoms with Gasteiger partial charge in [-0.2, -0.15) is 5.10 Å². The second-order valence-corrected chi connectivity index (χ2v) is 7.51. The summed E-state index contributed by atoms with van der Waals surface area (Å²) in [5, 5.41) is 8.76. The first-order valence-electron chi connectivity index (χ1n) is 9.79. The normalized spacial score (nSPS) is 13.8. The fourth-order valence-corrected chi connectivity index (χ4v) is 4.36. The fourth-order valence-electron chi connectivity index (χ4n) is 4.36. The summed E-state index contributed by atoms with van der Waals surface area (Å²) in [7, 11) is 0. The standard InChI is InChI=1S/C23H16FN5O2/c24-17-4-3-12(16-9-27-29-22(16)17)18-15-8-14(11-5-7-31-10-11)20-13(2-1-6-26-20)21(15)28-23(30)19(18)25/h1-4,6,8-10H,5,7,25H2,(H,27,29)(H,28,30). The summed E-state index contributed by atoms with van der Waals surface area (Å²) >= 11 is 0. The van der Waals surface area contributed by atoms with Crippen LogP contribution in [0.3, 0.4) is 0 Å². The lowest BCUT2D eigenvalue weighted by atomic mass is 9.92. The Kier molecular flexibility index (Phi) is 3.64. The molecule has 0 saturated heterocycles. The van der Waals surface area contributed by atoms with Gasteiger partial charge in [0.05, 0.1) is 30.1 Å². The predicted molar refractivity (Wildman–Crippen MR) is 118 cm³/mol. The molecule has 0 fully saturated rings. The van der Waals surface area contributed by atoms with E-state index in [1.807, 2.05) is 18.2 Å². The van der Waals surface area contributed by atoms with Gasteiger partial charge in [0.25, 0.3) is 5.56 Å². The predicted octanol–water partition coefficient (Wildman–Crippen LogP) is 4.10. The molecule has 0 atom stereocenters. The van der Waals surface area contributed by atoms with Crippen molar-refractivity contribution in [3.63, 3.8) is 0 Å². The highest BCUT2D eigenvalue weighted by atomic mass is 19.1. The average molecular weight is 413 g/mol. The van der Waals surface area contributed by atoms with Crippen LogP contribution in [0.2, 0.25) is 0 Å². The van der Waals surface area contributed by atoms with Gasteiger partial charge in [0.1, 0.15) is 17.0 Å². The molecule has 0 radical (unpaired) electrons. The lowest BCUT2D eigenvalue weighted by Crippen LogP contribution is -2.14. The third kappa shape index (κ3) is 2.48. The number of benzene rings is 2. The lowest BCUT2D eigenvalue weighted by molar-refractivity contribution is 0.281. The number of rotatable bonds is 2. The highest BCUT2D eigenvalue weighted by molar-refractivity contribution is 6.16. The number of hydrogen-bond donors (Lipinski definition) is 3. The second kappa shape index (κ2) is 6.40. The molecule has 0 spiro atoms. The van der Waals surface area contributed by atoms with E-state index in [-0.39, 0.29) is 11.2 Å². The maximum Gasteiger partial charge on any atom is 0.272 e. The molecule has 31 heavy (non-hydrogen) atoms. The molecular weight excluding hydrogens is 397 g/mol. The van der Waals surface area contributed by atoms with E-state index in [1.165, 1.54) is 12.3 Å². The minimum absolute atomic E-state index is 0.0625. The third-order valence-corrected chi connectivity index (χ3v) is 5.81. The first-order valence-corrected chi connectivity index (χ1v) is 9.79. The van der Waals surface area contributed by atoms with Crippen molar-refractivity contribution in [3.05, 3.63) is 70.7 Å². The molecular formula is C23H16FN5O2. The van der Waals surface area contributed by atoms with Gasteiger partial charge in [-0.25, -0.2) is 4.39 Å². The number of pyridine rings is 2. The summed E-state index contributed by atoms with van der Waals surface area (Å²) in [5.74, 6) is -0.424. The van der Waals surface area contributed by atoms with Crippen LogP contribution < -0.4 is 11.3 Å². The molecule has 4 N–H and O–H groups in total. The Morgan fingerprint density at radius 2 is 2.00 bits per heavy atom. The van der Waals surface area contributed by atoms with Crippen LogP contribution >= 0.6 is 0 Å². The Labute approximate surface area is 174 Å². The average Bonchev–Trinajstić information content (AvgIpc) is 3.48. The van der Waals surface area contributed by atoms with Crippen LogP contribution in [0, 0.1) is 5.82 Å². The molecule has 1 aliphatic rings. The van der Waals surface area contributed by atoms with E-state index >= 15 is 0 Å². The van der Waals surface area contributed by atoms with Crippen LogP contribution in [0.15, 0.2) is 53.8 Å². The SMILES string of the molecule is Nc1c(-c2ccc(F)c3[nH]ncc23)c2cc(C3=COCC3)c3ncccc3c2[nH]c1=O. The van der Waals surface area contributed by atoms with Gasteiger partial charge < -0.3 is 15.5 Å². The van der Waals surface area contributed by atoms with Crippen LogP contribution in [0.5, 0.6) is 0 Å². The molecule has 0 aliphatic carbocycles. The number of nitrogens with zero attached hydrogens (tertiary/aromatic N) is 2. The number of hydrogen-bond acceptors (Lipinski definition) is 5. The summed E-state index contributed by atoms with van der Waals surface area (Å²) in [5.41, 5.74) is 10.7. The second-order valence-electron chi connectivity index (χ2n) is 7.51. The zero-order valence-corrected chi connectivity index (χ0v) is 16.2. The molecule has 0 bridgehead atoms. The quantitative estimate of drug-likeness (QED) is 0.378. The van der Waals surface area contributed by atoms with Crippen LogP contribution in [0.4, 0.5) is 10.1 Å². The van der Waals surface area contributed by atoms with Crippen molar-refractivity contribution in [2.24, 2.45) is 0 Å². The van der Waals surface area contributed by atoms with Gasteiger partial charge in [-0.15, -0.1) is 0 Å². The molecule has 8 heteroatoms. The van der Waals surface area contributed by atoms with Gasteiger partial charge in [-0.1, -0.05) is 6.07 Å². The maximum atomic E-state index is 14.3. The Balaban J connectivity index is 1.82. The number of halogens is 1. The first-order chi connectivity index (χ1) is 15.1. The summed E-state index contributed by atoms with van der Waals surface area (Å²) in [6.45, 7) is 0.607. The molecule has 152 valence electrons. The molecule has 5 aromatic rings. The molecule has 2 aromatic carbocycles. The third-order valence-electron chi connectivity index (χ3n) is 5.81. The van der Waals surface area contributed by atoms with Gasteiger partial charge in [-0.3, -0.25) is 14.9 Å². The van der Waals surface area contributed by atoms with Gasteiger partial charge in [-0.05, 0) is 35.4 Å². The maximum absolute atomic E-state index is 14.3. The highest BCUT2D eigenvalue weighted by Gasteiger charge is 2.21. The largest absolute Gasteiger partial charge is 0.501 e. The molecule has 6 rings (SSSR count). The molecule has 0 saturated carbocycles. The van der Waals surface area contributed by atoms with Gasteiger partial charge in [0.2, 0.25) is 0 Å². The number of aromatic nitrogens is 4. The van der Waals surface area contributed by atoms with Crippen molar-refractivity contribution in [2.75, 3.05) is 12.3 Å². The lowest BCUT2D eigenvalue weighted by Gasteiger charge is -2.15. The number of aromatic amines is 2. The zero-order chi connectivity index (χ0) is 21.1. The molecule has 7 nitrogen and oxygen atoms in total. The Bertz CT molecular complexity index is 1620. The fraction of sp³-hybridized carbons (Fsp3) is 0.0870. The van der Waals surface area contributed by atoms with E-state index in [0.717, 1.165) is 33.8 Å². The molecule has 1 aliphatic heterocycles. The number of nitrogens with one attached hydrogen (secondary N) is 2. The van der Waals surface area contributed by atoms with Crippen LogP contribution in [-0.4, -0.2) is 26.8 Å². The number of nitrogen functional groups attached to an aromatic ring is 1. The summed E-state index contributed by atoms with van der Waals surface area (Å²) in [4.78, 5) is 20.3. The van der Waals surface area contributed by atoms with Crippen LogP contribution in [-0.2, 0) is 4.74 Å². The Morgan fingerprint density at radius 3 is 2.84 bits per heavy atom. The van der Waals surface area contributed by atoms with Crippen molar-refractivity contribution >= 4 is 44.0 Å². The topological polar surface area (TPSA) is 110 Å². The van der Waals surface area contributed by atoms with E-state index < -0.39 is 11.4 Å². The molecule has 4 heterocycles. The van der Waals surface area contributed by atoms with Crippen molar-refractivity contribution in [3.8, 4) is 11.1 Å². The number of ether oxygens (including phenoxy) is 1. The van der Waals surface area contributed by atoms with Crippen molar-refractivity contribution in [1.82, 2.24) is 20.2 Å². The minimum Gasteiger partial charge on any atom is -0.501 e. The van der Waals surface area contributed by atoms with Crippen LogP contribution in [0.25, 0.3) is 49.4 Å². The van der Waals surface area contributed by atoms with Crippen molar-refractivity contribution in [1.29, 1.82) is 0 Å². The van der Waals surface area contributed by atoms with Gasteiger partial charge in [0, 0.05) is 39.9 Å². The van der Waals surface area contributed by atoms with Crippen LogP contribution in [0.1, 0.15) is 12.0 Å². The number of nitrogens with two attached hydrogens (primary N) is 1. The summed E-state index contributed by atoms with van der Waals surface area (Å²) in [6, 6.07) is 8.69.